The first kappa shape index (κ1) is 13.9. The summed E-state index contributed by atoms with van der Waals surface area (Å²) in [6.07, 6.45) is 0.967. The Balaban J connectivity index is 1.91. The number of nitrogen functional groups attached to an aromatic ring is 1. The van der Waals surface area contributed by atoms with Crippen molar-refractivity contribution in [3.8, 4) is 0 Å². The van der Waals surface area contributed by atoms with Crippen molar-refractivity contribution < 1.29 is 4.79 Å². The van der Waals surface area contributed by atoms with Gasteiger partial charge in [0.25, 0.3) is 0 Å². The van der Waals surface area contributed by atoms with E-state index in [2.05, 4.69) is 20.5 Å². The summed E-state index contributed by atoms with van der Waals surface area (Å²) in [5, 5.41) is 10.4. The third-order valence-electron chi connectivity index (χ3n) is 2.93. The highest BCUT2D eigenvalue weighted by molar-refractivity contribution is 5.89. The Kier molecular flexibility index (Phi) is 4.24. The third kappa shape index (κ3) is 3.74. The van der Waals surface area contributed by atoms with Crippen LogP contribution in [-0.2, 0) is 11.2 Å². The molecule has 0 bridgehead atoms. The van der Waals surface area contributed by atoms with Crippen molar-refractivity contribution in [2.75, 3.05) is 11.1 Å². The first-order valence-electron chi connectivity index (χ1n) is 6.37. The van der Waals surface area contributed by atoms with E-state index in [0.29, 0.717) is 18.5 Å². The highest BCUT2D eigenvalue weighted by Gasteiger charge is 2.07. The summed E-state index contributed by atoms with van der Waals surface area (Å²) in [5.74, 6) is 0.100. The van der Waals surface area contributed by atoms with Gasteiger partial charge in [0, 0.05) is 12.1 Å². The second kappa shape index (κ2) is 6.10. The Bertz CT molecular complexity index is 627. The summed E-state index contributed by atoms with van der Waals surface area (Å²) >= 11 is 0. The topological polar surface area (TPSA) is 93.8 Å². The average Bonchev–Trinajstić information content (AvgIpc) is 2.41. The van der Waals surface area contributed by atoms with Gasteiger partial charge in [-0.1, -0.05) is 12.1 Å². The smallest absolute Gasteiger partial charge is 0.249 e. The highest BCUT2D eigenvalue weighted by Crippen LogP contribution is 2.09. The van der Waals surface area contributed by atoms with Gasteiger partial charge < -0.3 is 5.73 Å². The van der Waals surface area contributed by atoms with Crippen LogP contribution in [0, 0.1) is 13.8 Å². The molecule has 20 heavy (non-hydrogen) atoms. The molecule has 1 amide bonds. The van der Waals surface area contributed by atoms with Crippen molar-refractivity contribution in [2.24, 2.45) is 0 Å². The van der Waals surface area contributed by atoms with Crippen LogP contribution in [-0.4, -0.2) is 21.1 Å². The van der Waals surface area contributed by atoms with Gasteiger partial charge in [0.15, 0.2) is 0 Å². The number of nitrogens with two attached hydrogens (primary N) is 1. The molecule has 0 aliphatic carbocycles. The van der Waals surface area contributed by atoms with E-state index in [1.165, 1.54) is 0 Å². The minimum atomic E-state index is -0.141. The number of rotatable bonds is 4. The third-order valence-corrected chi connectivity index (χ3v) is 2.93. The molecule has 0 atom stereocenters. The molecule has 1 aromatic heterocycles. The lowest BCUT2D eigenvalue weighted by Crippen LogP contribution is -2.16. The first-order valence-corrected chi connectivity index (χ1v) is 6.37. The molecule has 104 valence electrons. The number of hydrogen-bond donors (Lipinski definition) is 2. The number of hydrogen-bond acceptors (Lipinski definition) is 5. The van der Waals surface area contributed by atoms with Crippen molar-refractivity contribution in [3.05, 3.63) is 41.2 Å². The minimum Gasteiger partial charge on any atom is -0.399 e. The molecule has 0 saturated carbocycles. The van der Waals surface area contributed by atoms with Crippen molar-refractivity contribution in [1.29, 1.82) is 0 Å². The van der Waals surface area contributed by atoms with Gasteiger partial charge in [-0.05, 0) is 38.0 Å². The fourth-order valence-electron chi connectivity index (χ4n) is 1.70. The van der Waals surface area contributed by atoms with Gasteiger partial charge in [-0.25, -0.2) is 4.98 Å². The zero-order chi connectivity index (χ0) is 14.5. The number of aromatic nitrogens is 3. The molecule has 3 N–H and O–H groups in total. The maximum Gasteiger partial charge on any atom is 0.249 e. The molecule has 2 rings (SSSR count). The zero-order valence-corrected chi connectivity index (χ0v) is 11.6. The number of benzene rings is 1. The maximum atomic E-state index is 11.8. The van der Waals surface area contributed by atoms with Crippen LogP contribution in [0.25, 0.3) is 0 Å². The van der Waals surface area contributed by atoms with Gasteiger partial charge in [-0.3, -0.25) is 10.1 Å². The van der Waals surface area contributed by atoms with Gasteiger partial charge in [0.1, 0.15) is 0 Å². The van der Waals surface area contributed by atoms with Crippen LogP contribution < -0.4 is 11.1 Å². The highest BCUT2D eigenvalue weighted by atomic mass is 16.1. The average molecular weight is 271 g/mol. The molecule has 0 saturated heterocycles. The molecule has 0 spiro atoms. The van der Waals surface area contributed by atoms with Crippen LogP contribution in [0.1, 0.15) is 23.4 Å². The summed E-state index contributed by atoms with van der Waals surface area (Å²) < 4.78 is 0. The molecule has 0 unspecified atom stereocenters. The lowest BCUT2D eigenvalue weighted by molar-refractivity contribution is -0.116. The summed E-state index contributed by atoms with van der Waals surface area (Å²) in [5.41, 5.74) is 8.92. The fraction of sp³-hybridized carbons (Fsp3) is 0.286. The van der Waals surface area contributed by atoms with Gasteiger partial charge in [-0.15, -0.1) is 5.10 Å². The molecule has 0 aliphatic heterocycles. The van der Waals surface area contributed by atoms with E-state index in [1.807, 2.05) is 38.1 Å². The predicted molar refractivity (Wildman–Crippen MR) is 77.1 cm³/mol. The molecule has 1 heterocycles. The second-order valence-electron chi connectivity index (χ2n) is 4.60. The lowest BCUT2D eigenvalue weighted by atomic mass is 10.1. The van der Waals surface area contributed by atoms with E-state index < -0.39 is 0 Å². The Labute approximate surface area is 117 Å². The van der Waals surface area contributed by atoms with Crippen LogP contribution in [0.15, 0.2) is 24.3 Å². The van der Waals surface area contributed by atoms with E-state index in [1.54, 1.807) is 0 Å². The molecular formula is C14H17N5O. The standard InChI is InChI=1S/C14H17N5O/c1-9-10(2)18-19-14(16-9)17-13(20)7-6-11-4-3-5-12(15)8-11/h3-5,8H,6-7,15H2,1-2H3,(H,16,17,19,20). The monoisotopic (exact) mass is 271 g/mol. The van der Waals surface area contributed by atoms with Crippen molar-refractivity contribution >= 4 is 17.5 Å². The number of anilines is 2. The summed E-state index contributed by atoms with van der Waals surface area (Å²) in [6, 6.07) is 7.50. The van der Waals surface area contributed by atoms with Crippen LogP contribution in [0.4, 0.5) is 11.6 Å². The Morgan fingerprint density at radius 1 is 1.25 bits per heavy atom. The molecule has 0 radical (unpaired) electrons. The van der Waals surface area contributed by atoms with E-state index in [-0.39, 0.29) is 11.9 Å². The molecular weight excluding hydrogens is 254 g/mol. The maximum absolute atomic E-state index is 11.8. The predicted octanol–water partition coefficient (Wildman–Crippen LogP) is 1.64. The molecule has 0 aliphatic rings. The van der Waals surface area contributed by atoms with Gasteiger partial charge in [0.2, 0.25) is 11.9 Å². The number of nitrogens with zero attached hydrogens (tertiary/aromatic N) is 3. The van der Waals surface area contributed by atoms with Crippen LogP contribution in [0.5, 0.6) is 0 Å². The minimum absolute atomic E-state index is 0.141. The zero-order valence-electron chi connectivity index (χ0n) is 11.6. The van der Waals surface area contributed by atoms with Crippen LogP contribution >= 0.6 is 0 Å². The lowest BCUT2D eigenvalue weighted by Gasteiger charge is -2.05. The summed E-state index contributed by atoms with van der Waals surface area (Å²) in [4.78, 5) is 16.0. The second-order valence-corrected chi connectivity index (χ2v) is 4.60. The number of nitrogens with one attached hydrogen (secondary N) is 1. The van der Waals surface area contributed by atoms with Crippen molar-refractivity contribution in [1.82, 2.24) is 15.2 Å². The number of carbonyl (C=O) groups is 1. The molecule has 2 aromatic rings. The Morgan fingerprint density at radius 3 is 2.75 bits per heavy atom. The fourth-order valence-corrected chi connectivity index (χ4v) is 1.70. The van der Waals surface area contributed by atoms with Gasteiger partial charge >= 0.3 is 0 Å². The SMILES string of the molecule is Cc1nnc(NC(=O)CCc2cccc(N)c2)nc1C. The van der Waals surface area contributed by atoms with Gasteiger partial charge in [-0.2, -0.15) is 5.10 Å². The first-order chi connectivity index (χ1) is 9.54. The van der Waals surface area contributed by atoms with E-state index in [4.69, 9.17) is 5.73 Å². The van der Waals surface area contributed by atoms with Crippen LogP contribution in [0.3, 0.4) is 0 Å². The molecule has 6 nitrogen and oxygen atoms in total. The van der Waals surface area contributed by atoms with Crippen molar-refractivity contribution in [3.63, 3.8) is 0 Å². The normalized spacial score (nSPS) is 10.3. The number of amides is 1. The summed E-state index contributed by atoms with van der Waals surface area (Å²) in [7, 11) is 0. The molecule has 0 fully saturated rings. The van der Waals surface area contributed by atoms with Gasteiger partial charge in [0.05, 0.1) is 11.4 Å². The van der Waals surface area contributed by atoms with E-state index in [0.717, 1.165) is 17.0 Å². The Morgan fingerprint density at radius 2 is 2.05 bits per heavy atom. The molecule has 1 aromatic carbocycles. The van der Waals surface area contributed by atoms with E-state index >= 15 is 0 Å². The quantitative estimate of drug-likeness (QED) is 0.824. The molecule has 6 heteroatoms. The number of carbonyl (C=O) groups excluding carboxylic acids is 1. The van der Waals surface area contributed by atoms with Crippen LogP contribution in [0.2, 0.25) is 0 Å². The number of aryl methyl sites for hydroxylation is 3. The Hall–Kier alpha value is -2.50. The summed E-state index contributed by atoms with van der Waals surface area (Å²) in [6.45, 7) is 3.65. The van der Waals surface area contributed by atoms with E-state index in [9.17, 15) is 4.79 Å². The van der Waals surface area contributed by atoms with Crippen molar-refractivity contribution in [2.45, 2.75) is 26.7 Å². The largest absolute Gasteiger partial charge is 0.399 e.